The maximum atomic E-state index is 10.1. The van der Waals surface area contributed by atoms with Crippen molar-refractivity contribution in [1.29, 1.82) is 0 Å². The topological polar surface area (TPSA) is 40.5 Å². The van der Waals surface area contributed by atoms with Gasteiger partial charge in [-0.25, -0.2) is 0 Å². The summed E-state index contributed by atoms with van der Waals surface area (Å²) < 4.78 is 0. The first-order chi connectivity index (χ1) is 8.02. The third-order valence-corrected chi connectivity index (χ3v) is 3.13. The van der Waals surface area contributed by atoms with Gasteiger partial charge in [-0.05, 0) is 43.5 Å². The average Bonchev–Trinajstić information content (AvgIpc) is 2.29. The molecule has 0 spiro atoms. The molecule has 0 aliphatic carbocycles. The molecule has 0 saturated carbocycles. The van der Waals surface area contributed by atoms with Crippen molar-refractivity contribution in [2.24, 2.45) is 0 Å². The first-order valence-corrected chi connectivity index (χ1v) is 5.60. The zero-order chi connectivity index (χ0) is 12.6. The standard InChI is InChI=1S/C15H16O2/c1-9-6-4-5-7-12(9)14-11(3)15(17)10(2)8-13(14)16/h4-8,16-17H,1-3H3. The molecule has 0 fully saturated rings. The van der Waals surface area contributed by atoms with Crippen LogP contribution in [0.2, 0.25) is 0 Å². The number of phenolic OH excluding ortho intramolecular Hbond substituents is 2. The number of hydrogen-bond donors (Lipinski definition) is 2. The van der Waals surface area contributed by atoms with Crippen LogP contribution < -0.4 is 0 Å². The second kappa shape index (κ2) is 4.13. The lowest BCUT2D eigenvalue weighted by molar-refractivity contribution is 0.454. The average molecular weight is 228 g/mol. The van der Waals surface area contributed by atoms with Crippen LogP contribution in [0.5, 0.6) is 11.5 Å². The molecule has 0 amide bonds. The van der Waals surface area contributed by atoms with Gasteiger partial charge in [-0.1, -0.05) is 24.3 Å². The van der Waals surface area contributed by atoms with Gasteiger partial charge in [0.1, 0.15) is 11.5 Å². The van der Waals surface area contributed by atoms with Crippen LogP contribution in [0.3, 0.4) is 0 Å². The van der Waals surface area contributed by atoms with Crippen molar-refractivity contribution >= 4 is 0 Å². The third-order valence-electron chi connectivity index (χ3n) is 3.13. The first kappa shape index (κ1) is 11.5. The third kappa shape index (κ3) is 1.86. The molecule has 2 N–H and O–H groups in total. The molecule has 0 heterocycles. The Morgan fingerprint density at radius 2 is 1.53 bits per heavy atom. The van der Waals surface area contributed by atoms with Crippen molar-refractivity contribution in [3.05, 3.63) is 47.0 Å². The van der Waals surface area contributed by atoms with Crippen LogP contribution in [0.25, 0.3) is 11.1 Å². The van der Waals surface area contributed by atoms with E-state index in [1.165, 1.54) is 0 Å². The van der Waals surface area contributed by atoms with E-state index in [2.05, 4.69) is 0 Å². The minimum absolute atomic E-state index is 0.215. The van der Waals surface area contributed by atoms with Crippen molar-refractivity contribution in [2.75, 3.05) is 0 Å². The molecule has 2 aromatic rings. The lowest BCUT2D eigenvalue weighted by atomic mass is 9.93. The fraction of sp³-hybridized carbons (Fsp3) is 0.200. The molecule has 2 nitrogen and oxygen atoms in total. The fourth-order valence-electron chi connectivity index (χ4n) is 2.15. The molecule has 0 aliphatic heterocycles. The van der Waals surface area contributed by atoms with E-state index in [0.29, 0.717) is 11.1 Å². The molecule has 2 heteroatoms. The summed E-state index contributed by atoms with van der Waals surface area (Å²) in [6, 6.07) is 9.43. The Morgan fingerprint density at radius 1 is 0.882 bits per heavy atom. The van der Waals surface area contributed by atoms with Crippen LogP contribution in [0.1, 0.15) is 16.7 Å². The number of hydrogen-bond acceptors (Lipinski definition) is 2. The van der Waals surface area contributed by atoms with Gasteiger partial charge >= 0.3 is 0 Å². The zero-order valence-corrected chi connectivity index (χ0v) is 10.3. The molecular weight excluding hydrogens is 212 g/mol. The van der Waals surface area contributed by atoms with Gasteiger partial charge in [-0.15, -0.1) is 0 Å². The summed E-state index contributed by atoms with van der Waals surface area (Å²) in [4.78, 5) is 0. The predicted molar refractivity (Wildman–Crippen MR) is 69.4 cm³/mol. The molecular formula is C15H16O2. The Hall–Kier alpha value is -1.96. The lowest BCUT2D eigenvalue weighted by Crippen LogP contribution is -1.90. The Kier molecular flexibility index (Phi) is 2.80. The monoisotopic (exact) mass is 228 g/mol. The molecule has 2 rings (SSSR count). The molecule has 0 bridgehead atoms. The van der Waals surface area contributed by atoms with Crippen molar-refractivity contribution in [3.8, 4) is 22.6 Å². The van der Waals surface area contributed by atoms with E-state index >= 15 is 0 Å². The summed E-state index contributed by atoms with van der Waals surface area (Å²) in [5.74, 6) is 0.466. The molecule has 0 unspecified atom stereocenters. The molecule has 0 atom stereocenters. The van der Waals surface area contributed by atoms with Gasteiger partial charge in [-0.2, -0.15) is 0 Å². The second-order valence-corrected chi connectivity index (χ2v) is 4.38. The maximum absolute atomic E-state index is 10.1. The van der Waals surface area contributed by atoms with Crippen molar-refractivity contribution in [3.63, 3.8) is 0 Å². The Labute approximate surface area is 101 Å². The number of rotatable bonds is 1. The fourth-order valence-corrected chi connectivity index (χ4v) is 2.15. The Bertz CT molecular complexity index is 571. The second-order valence-electron chi connectivity index (χ2n) is 4.38. The van der Waals surface area contributed by atoms with Crippen LogP contribution >= 0.6 is 0 Å². The van der Waals surface area contributed by atoms with Crippen LogP contribution in [0.15, 0.2) is 30.3 Å². The summed E-state index contributed by atoms with van der Waals surface area (Å²) in [5, 5.41) is 20.0. The van der Waals surface area contributed by atoms with Gasteiger partial charge in [0.15, 0.2) is 0 Å². The molecule has 17 heavy (non-hydrogen) atoms. The summed E-state index contributed by atoms with van der Waals surface area (Å²) >= 11 is 0. The summed E-state index contributed by atoms with van der Waals surface area (Å²) in [6.45, 7) is 5.60. The highest BCUT2D eigenvalue weighted by molar-refractivity contribution is 5.78. The van der Waals surface area contributed by atoms with E-state index < -0.39 is 0 Å². The first-order valence-electron chi connectivity index (χ1n) is 5.60. The van der Waals surface area contributed by atoms with Gasteiger partial charge in [0.25, 0.3) is 0 Å². The molecule has 2 aromatic carbocycles. The van der Waals surface area contributed by atoms with Crippen molar-refractivity contribution in [2.45, 2.75) is 20.8 Å². The van der Waals surface area contributed by atoms with Gasteiger partial charge in [0.05, 0.1) is 0 Å². The molecule has 0 radical (unpaired) electrons. The Balaban J connectivity index is 2.77. The lowest BCUT2D eigenvalue weighted by Gasteiger charge is -2.14. The normalized spacial score (nSPS) is 10.5. The highest BCUT2D eigenvalue weighted by atomic mass is 16.3. The predicted octanol–water partition coefficient (Wildman–Crippen LogP) is 3.69. The maximum Gasteiger partial charge on any atom is 0.124 e. The quantitative estimate of drug-likeness (QED) is 0.731. The van der Waals surface area contributed by atoms with Crippen molar-refractivity contribution in [1.82, 2.24) is 0 Å². The molecule has 0 aliphatic rings. The van der Waals surface area contributed by atoms with Gasteiger partial charge in [0, 0.05) is 11.1 Å². The number of benzene rings is 2. The van der Waals surface area contributed by atoms with Crippen LogP contribution in [-0.4, -0.2) is 10.2 Å². The molecule has 0 aromatic heterocycles. The highest BCUT2D eigenvalue weighted by Gasteiger charge is 2.14. The van der Waals surface area contributed by atoms with E-state index in [0.717, 1.165) is 16.7 Å². The van der Waals surface area contributed by atoms with Crippen molar-refractivity contribution < 1.29 is 10.2 Å². The largest absolute Gasteiger partial charge is 0.507 e. The summed E-state index contributed by atoms with van der Waals surface area (Å²) in [5.41, 5.74) is 4.16. The van der Waals surface area contributed by atoms with Gasteiger partial charge in [-0.3, -0.25) is 0 Å². The van der Waals surface area contributed by atoms with E-state index in [1.54, 1.807) is 13.0 Å². The number of aryl methyl sites for hydroxylation is 2. The summed E-state index contributed by atoms with van der Waals surface area (Å²) in [6.07, 6.45) is 0. The van der Waals surface area contributed by atoms with Crippen LogP contribution in [0.4, 0.5) is 0 Å². The zero-order valence-electron chi connectivity index (χ0n) is 10.3. The number of phenols is 2. The number of aromatic hydroxyl groups is 2. The van der Waals surface area contributed by atoms with E-state index in [9.17, 15) is 10.2 Å². The minimum Gasteiger partial charge on any atom is -0.507 e. The van der Waals surface area contributed by atoms with E-state index in [-0.39, 0.29) is 11.5 Å². The smallest absolute Gasteiger partial charge is 0.124 e. The van der Waals surface area contributed by atoms with Crippen LogP contribution in [0, 0.1) is 20.8 Å². The SMILES string of the molecule is Cc1ccccc1-c1c(O)cc(C)c(O)c1C. The highest BCUT2D eigenvalue weighted by Crippen LogP contribution is 2.40. The Morgan fingerprint density at radius 3 is 2.18 bits per heavy atom. The minimum atomic E-state index is 0.215. The van der Waals surface area contributed by atoms with E-state index in [4.69, 9.17) is 0 Å². The molecule has 88 valence electrons. The molecule has 0 saturated heterocycles. The van der Waals surface area contributed by atoms with Crippen LogP contribution in [-0.2, 0) is 0 Å². The van der Waals surface area contributed by atoms with Gasteiger partial charge < -0.3 is 10.2 Å². The van der Waals surface area contributed by atoms with Gasteiger partial charge in [0.2, 0.25) is 0 Å². The van der Waals surface area contributed by atoms with E-state index in [1.807, 2.05) is 38.1 Å². The summed E-state index contributed by atoms with van der Waals surface area (Å²) in [7, 11) is 0.